The maximum Gasteiger partial charge on any atom is 0.293 e. The second-order valence-electron chi connectivity index (χ2n) is 6.55. The van der Waals surface area contributed by atoms with Crippen molar-refractivity contribution in [1.29, 1.82) is 0 Å². The fourth-order valence-corrected chi connectivity index (χ4v) is 4.03. The SMILES string of the molecule is O=C1S/C(=C\c2ccc(N3CCOCC3)cc2)C(=O)N1Cc1ccccc1F. The number of carbonyl (C=O) groups excluding carboxylic acids is 2. The van der Waals surface area contributed by atoms with Crippen LogP contribution in [-0.4, -0.2) is 42.3 Å². The fraction of sp³-hybridized carbons (Fsp3) is 0.238. The molecule has 28 heavy (non-hydrogen) atoms. The first kappa shape index (κ1) is 18.7. The van der Waals surface area contributed by atoms with Crippen LogP contribution >= 0.6 is 11.8 Å². The Morgan fingerprint density at radius 1 is 1.04 bits per heavy atom. The molecule has 0 N–H and O–H groups in total. The molecule has 2 heterocycles. The van der Waals surface area contributed by atoms with Gasteiger partial charge in [-0.25, -0.2) is 4.39 Å². The molecule has 2 aliphatic rings. The predicted octanol–water partition coefficient (Wildman–Crippen LogP) is 3.90. The highest BCUT2D eigenvalue weighted by Crippen LogP contribution is 2.33. The zero-order valence-corrected chi connectivity index (χ0v) is 16.0. The lowest BCUT2D eigenvalue weighted by Crippen LogP contribution is -2.36. The van der Waals surface area contributed by atoms with Crippen molar-refractivity contribution >= 4 is 34.7 Å². The number of halogens is 1. The Labute approximate surface area is 166 Å². The molecule has 144 valence electrons. The minimum Gasteiger partial charge on any atom is -0.378 e. The van der Waals surface area contributed by atoms with E-state index in [0.29, 0.717) is 10.5 Å². The molecule has 0 spiro atoms. The summed E-state index contributed by atoms with van der Waals surface area (Å²) in [6.45, 7) is 3.08. The largest absolute Gasteiger partial charge is 0.378 e. The molecule has 2 aliphatic heterocycles. The van der Waals surface area contributed by atoms with Gasteiger partial charge in [0.15, 0.2) is 0 Å². The van der Waals surface area contributed by atoms with Crippen LogP contribution in [0.2, 0.25) is 0 Å². The van der Waals surface area contributed by atoms with Gasteiger partial charge in [0.05, 0.1) is 24.7 Å². The Hall–Kier alpha value is -2.64. The van der Waals surface area contributed by atoms with Crippen LogP contribution in [-0.2, 0) is 16.1 Å². The van der Waals surface area contributed by atoms with Gasteiger partial charge in [0, 0.05) is 24.3 Å². The molecule has 0 saturated carbocycles. The third-order valence-electron chi connectivity index (χ3n) is 4.73. The van der Waals surface area contributed by atoms with Gasteiger partial charge in [0.1, 0.15) is 5.82 Å². The van der Waals surface area contributed by atoms with Crippen LogP contribution in [0.25, 0.3) is 6.08 Å². The summed E-state index contributed by atoms with van der Waals surface area (Å²) in [4.78, 5) is 28.5. The summed E-state index contributed by atoms with van der Waals surface area (Å²) in [6, 6.07) is 14.0. The van der Waals surface area contributed by atoms with E-state index in [9.17, 15) is 14.0 Å². The molecule has 0 unspecified atom stereocenters. The summed E-state index contributed by atoms with van der Waals surface area (Å²) in [5.74, 6) is -0.820. The van der Waals surface area contributed by atoms with E-state index in [-0.39, 0.29) is 11.8 Å². The van der Waals surface area contributed by atoms with Crippen LogP contribution in [0.1, 0.15) is 11.1 Å². The van der Waals surface area contributed by atoms with Crippen molar-refractivity contribution in [1.82, 2.24) is 4.90 Å². The van der Waals surface area contributed by atoms with Crippen molar-refractivity contribution < 1.29 is 18.7 Å². The van der Waals surface area contributed by atoms with Crippen LogP contribution < -0.4 is 4.90 Å². The molecule has 0 bridgehead atoms. The first-order chi connectivity index (χ1) is 13.6. The van der Waals surface area contributed by atoms with E-state index in [1.807, 2.05) is 24.3 Å². The predicted molar refractivity (Wildman–Crippen MR) is 107 cm³/mol. The van der Waals surface area contributed by atoms with Gasteiger partial charge in [-0.05, 0) is 41.6 Å². The molecule has 0 aromatic heterocycles. The monoisotopic (exact) mass is 398 g/mol. The van der Waals surface area contributed by atoms with Gasteiger partial charge in [-0.2, -0.15) is 0 Å². The zero-order chi connectivity index (χ0) is 19.5. The lowest BCUT2D eigenvalue weighted by molar-refractivity contribution is -0.123. The molecule has 4 rings (SSSR count). The second kappa shape index (κ2) is 8.16. The third kappa shape index (κ3) is 3.95. The smallest absolute Gasteiger partial charge is 0.293 e. The number of thioether (sulfide) groups is 1. The first-order valence-electron chi connectivity index (χ1n) is 9.03. The van der Waals surface area contributed by atoms with Crippen LogP contribution in [0.15, 0.2) is 53.4 Å². The van der Waals surface area contributed by atoms with Gasteiger partial charge in [-0.1, -0.05) is 30.3 Å². The van der Waals surface area contributed by atoms with E-state index >= 15 is 0 Å². The van der Waals surface area contributed by atoms with Gasteiger partial charge in [-0.15, -0.1) is 0 Å². The van der Waals surface area contributed by atoms with E-state index in [0.717, 1.165) is 54.2 Å². The number of imide groups is 1. The van der Waals surface area contributed by atoms with Gasteiger partial charge in [0.2, 0.25) is 0 Å². The first-order valence-corrected chi connectivity index (χ1v) is 9.85. The molecule has 0 aliphatic carbocycles. The highest BCUT2D eigenvalue weighted by Gasteiger charge is 2.35. The molecule has 2 amide bonds. The quantitative estimate of drug-likeness (QED) is 0.731. The van der Waals surface area contributed by atoms with Crippen molar-refractivity contribution in [3.8, 4) is 0 Å². The molecule has 2 aromatic rings. The highest BCUT2D eigenvalue weighted by molar-refractivity contribution is 8.18. The van der Waals surface area contributed by atoms with Gasteiger partial charge in [0.25, 0.3) is 11.1 Å². The number of hydrogen-bond donors (Lipinski definition) is 0. The number of nitrogens with zero attached hydrogens (tertiary/aromatic N) is 2. The van der Waals surface area contributed by atoms with Crippen LogP contribution in [0.3, 0.4) is 0 Å². The van der Waals surface area contributed by atoms with Crippen molar-refractivity contribution in [3.05, 3.63) is 70.4 Å². The van der Waals surface area contributed by atoms with Crippen molar-refractivity contribution in [2.75, 3.05) is 31.2 Å². The average Bonchev–Trinajstić information content (AvgIpc) is 2.98. The van der Waals surface area contributed by atoms with Gasteiger partial charge < -0.3 is 9.64 Å². The number of benzene rings is 2. The maximum absolute atomic E-state index is 13.9. The van der Waals surface area contributed by atoms with Gasteiger partial charge >= 0.3 is 0 Å². The molecule has 5 nitrogen and oxygen atoms in total. The minimum atomic E-state index is -0.427. The summed E-state index contributed by atoms with van der Waals surface area (Å²) in [7, 11) is 0. The summed E-state index contributed by atoms with van der Waals surface area (Å²) >= 11 is 0.883. The van der Waals surface area contributed by atoms with Crippen molar-refractivity contribution in [2.45, 2.75) is 6.54 Å². The number of carbonyl (C=O) groups is 2. The van der Waals surface area contributed by atoms with Crippen LogP contribution in [0.5, 0.6) is 0 Å². The Kier molecular flexibility index (Phi) is 5.45. The molecule has 2 fully saturated rings. The Bertz CT molecular complexity index is 924. The third-order valence-corrected chi connectivity index (χ3v) is 5.63. The molecule has 0 radical (unpaired) electrons. The fourth-order valence-electron chi connectivity index (χ4n) is 3.19. The Balaban J connectivity index is 1.48. The number of rotatable bonds is 4. The summed E-state index contributed by atoms with van der Waals surface area (Å²) < 4.78 is 19.2. The van der Waals surface area contributed by atoms with E-state index in [1.165, 1.54) is 6.07 Å². The lowest BCUT2D eigenvalue weighted by Gasteiger charge is -2.28. The van der Waals surface area contributed by atoms with Crippen molar-refractivity contribution in [3.63, 3.8) is 0 Å². The minimum absolute atomic E-state index is 0.0648. The summed E-state index contributed by atoms with van der Waals surface area (Å²) in [5, 5.41) is -0.385. The average molecular weight is 398 g/mol. The van der Waals surface area contributed by atoms with Crippen LogP contribution in [0.4, 0.5) is 14.9 Å². The molecule has 0 atom stereocenters. The number of anilines is 1. The molecule has 2 aromatic carbocycles. The number of morpholine rings is 1. The van der Waals surface area contributed by atoms with E-state index in [4.69, 9.17) is 4.74 Å². The summed E-state index contributed by atoms with van der Waals surface area (Å²) in [6.07, 6.45) is 1.70. The maximum atomic E-state index is 13.9. The standard InChI is InChI=1S/C21H19FN2O3S/c22-18-4-2-1-3-16(18)14-24-20(25)19(28-21(24)26)13-15-5-7-17(8-6-15)23-9-11-27-12-10-23/h1-8,13H,9-12,14H2/b19-13-. The number of hydrogen-bond acceptors (Lipinski definition) is 5. The van der Waals surface area contributed by atoms with E-state index < -0.39 is 11.7 Å². The molecule has 2 saturated heterocycles. The number of amides is 2. The lowest BCUT2D eigenvalue weighted by atomic mass is 10.1. The van der Waals surface area contributed by atoms with E-state index in [1.54, 1.807) is 24.3 Å². The molecule has 7 heteroatoms. The number of ether oxygens (including phenoxy) is 1. The van der Waals surface area contributed by atoms with Gasteiger partial charge in [-0.3, -0.25) is 14.5 Å². The Morgan fingerprint density at radius 3 is 2.46 bits per heavy atom. The Morgan fingerprint density at radius 2 is 1.75 bits per heavy atom. The highest BCUT2D eigenvalue weighted by atomic mass is 32.2. The van der Waals surface area contributed by atoms with Crippen LogP contribution in [0, 0.1) is 5.82 Å². The molecular formula is C21H19FN2O3S. The molecular weight excluding hydrogens is 379 g/mol. The topological polar surface area (TPSA) is 49.9 Å². The van der Waals surface area contributed by atoms with E-state index in [2.05, 4.69) is 4.90 Å². The second-order valence-corrected chi connectivity index (χ2v) is 7.54. The normalized spacial score (nSPS) is 19.0. The zero-order valence-electron chi connectivity index (χ0n) is 15.1. The van der Waals surface area contributed by atoms with Crippen molar-refractivity contribution in [2.24, 2.45) is 0 Å². The summed E-state index contributed by atoms with van der Waals surface area (Å²) in [5.41, 5.74) is 2.27.